The Morgan fingerprint density at radius 1 is 1.33 bits per heavy atom. The van der Waals surface area contributed by atoms with E-state index < -0.39 is 0 Å². The van der Waals surface area contributed by atoms with Crippen LogP contribution in [0.2, 0.25) is 0 Å². The van der Waals surface area contributed by atoms with Crippen LogP contribution in [0, 0.1) is 12.8 Å². The van der Waals surface area contributed by atoms with Gasteiger partial charge in [-0.3, -0.25) is 4.79 Å². The number of anilines is 1. The van der Waals surface area contributed by atoms with Crippen molar-refractivity contribution >= 4 is 11.6 Å². The van der Waals surface area contributed by atoms with Crippen LogP contribution in [0.15, 0.2) is 18.2 Å². The van der Waals surface area contributed by atoms with E-state index in [-0.39, 0.29) is 5.91 Å². The van der Waals surface area contributed by atoms with Crippen LogP contribution in [0.4, 0.5) is 5.69 Å². The van der Waals surface area contributed by atoms with Crippen LogP contribution >= 0.6 is 0 Å². The highest BCUT2D eigenvalue weighted by Crippen LogP contribution is 2.27. The maximum Gasteiger partial charge on any atom is 0.251 e. The summed E-state index contributed by atoms with van der Waals surface area (Å²) >= 11 is 0. The maximum atomic E-state index is 12.5. The van der Waals surface area contributed by atoms with E-state index in [1.54, 1.807) is 0 Å². The van der Waals surface area contributed by atoms with E-state index in [4.69, 9.17) is 0 Å². The smallest absolute Gasteiger partial charge is 0.251 e. The minimum Gasteiger partial charge on any atom is -0.385 e. The van der Waals surface area contributed by atoms with Gasteiger partial charge in [0.05, 0.1) is 0 Å². The van der Waals surface area contributed by atoms with Crippen molar-refractivity contribution in [1.82, 2.24) is 10.2 Å². The summed E-state index contributed by atoms with van der Waals surface area (Å²) in [6.45, 7) is 8.39. The zero-order valence-corrected chi connectivity index (χ0v) is 13.0. The fourth-order valence-electron chi connectivity index (χ4n) is 3.61. The molecule has 3 aliphatic rings. The van der Waals surface area contributed by atoms with Crippen LogP contribution < -0.4 is 10.6 Å². The van der Waals surface area contributed by atoms with Crippen molar-refractivity contribution in [2.75, 3.05) is 31.5 Å². The van der Waals surface area contributed by atoms with Crippen molar-refractivity contribution in [3.8, 4) is 0 Å². The Balaban J connectivity index is 1.68. The molecular weight excluding hydrogens is 262 g/mol. The van der Waals surface area contributed by atoms with Crippen LogP contribution in [0.5, 0.6) is 0 Å². The molecule has 0 spiro atoms. The first-order valence-electron chi connectivity index (χ1n) is 8.05. The number of hydrogen-bond acceptors (Lipinski definition) is 3. The van der Waals surface area contributed by atoms with Crippen molar-refractivity contribution in [2.24, 2.45) is 5.92 Å². The molecule has 4 heteroatoms. The van der Waals surface area contributed by atoms with E-state index in [0.29, 0.717) is 12.0 Å². The molecule has 114 valence electrons. The van der Waals surface area contributed by atoms with Gasteiger partial charge in [0.1, 0.15) is 0 Å². The lowest BCUT2D eigenvalue weighted by Crippen LogP contribution is -2.57. The van der Waals surface area contributed by atoms with Gasteiger partial charge in [-0.1, -0.05) is 0 Å². The predicted molar refractivity (Wildman–Crippen MR) is 85.8 cm³/mol. The molecule has 3 aliphatic heterocycles. The number of amides is 1. The lowest BCUT2D eigenvalue weighted by molar-refractivity contribution is 0.0620. The van der Waals surface area contributed by atoms with E-state index in [9.17, 15) is 4.79 Å². The lowest BCUT2D eigenvalue weighted by atomic mass is 9.84. The van der Waals surface area contributed by atoms with E-state index in [2.05, 4.69) is 28.5 Å². The number of rotatable bonds is 4. The van der Waals surface area contributed by atoms with Crippen molar-refractivity contribution in [3.63, 3.8) is 0 Å². The highest BCUT2D eigenvalue weighted by molar-refractivity contribution is 5.96. The molecule has 0 aliphatic carbocycles. The Kier molecular flexibility index (Phi) is 4.15. The SMILES string of the molecule is CCNc1ccc(C(=O)NC2CN3CCC2CC3)c(C)c1. The van der Waals surface area contributed by atoms with Gasteiger partial charge in [-0.25, -0.2) is 0 Å². The minimum absolute atomic E-state index is 0.0781. The number of aryl methyl sites for hydroxylation is 1. The number of hydrogen-bond donors (Lipinski definition) is 2. The lowest BCUT2D eigenvalue weighted by Gasteiger charge is -2.45. The Morgan fingerprint density at radius 2 is 2.10 bits per heavy atom. The van der Waals surface area contributed by atoms with Crippen molar-refractivity contribution in [2.45, 2.75) is 32.7 Å². The van der Waals surface area contributed by atoms with Crippen molar-refractivity contribution < 1.29 is 4.79 Å². The van der Waals surface area contributed by atoms with Gasteiger partial charge >= 0.3 is 0 Å². The standard InChI is InChI=1S/C17H25N3O/c1-3-18-14-4-5-15(12(2)10-14)17(21)19-16-11-20-8-6-13(16)7-9-20/h4-5,10,13,16,18H,3,6-9,11H2,1-2H3,(H,19,21). The third-order valence-corrected chi connectivity index (χ3v) is 4.82. The molecule has 1 aromatic carbocycles. The average molecular weight is 287 g/mol. The number of carbonyl (C=O) groups excluding carboxylic acids is 1. The van der Waals surface area contributed by atoms with Crippen LogP contribution in [0.3, 0.4) is 0 Å². The summed E-state index contributed by atoms with van der Waals surface area (Å²) in [5.41, 5.74) is 2.91. The number of fused-ring (bicyclic) bond motifs is 3. The van der Waals surface area contributed by atoms with Gasteiger partial charge < -0.3 is 15.5 Å². The molecule has 4 rings (SSSR count). The highest BCUT2D eigenvalue weighted by Gasteiger charge is 2.35. The fourth-order valence-corrected chi connectivity index (χ4v) is 3.61. The fraction of sp³-hybridized carbons (Fsp3) is 0.588. The maximum absolute atomic E-state index is 12.5. The molecule has 0 saturated carbocycles. The molecule has 21 heavy (non-hydrogen) atoms. The molecule has 3 heterocycles. The monoisotopic (exact) mass is 287 g/mol. The summed E-state index contributed by atoms with van der Waals surface area (Å²) in [4.78, 5) is 15.0. The first kappa shape index (κ1) is 14.4. The average Bonchev–Trinajstić information content (AvgIpc) is 2.49. The number of benzene rings is 1. The number of nitrogens with zero attached hydrogens (tertiary/aromatic N) is 1. The predicted octanol–water partition coefficient (Wildman–Crippen LogP) is 2.25. The molecule has 1 amide bonds. The Labute approximate surface area is 126 Å². The van der Waals surface area contributed by atoms with Gasteiger partial charge in [-0.15, -0.1) is 0 Å². The molecule has 3 saturated heterocycles. The van der Waals surface area contributed by atoms with E-state index >= 15 is 0 Å². The second-order valence-corrected chi connectivity index (χ2v) is 6.28. The van der Waals surface area contributed by atoms with Gasteiger partial charge in [-0.2, -0.15) is 0 Å². The molecule has 1 atom stereocenters. The first-order chi connectivity index (χ1) is 10.2. The normalized spacial score (nSPS) is 27.4. The summed E-state index contributed by atoms with van der Waals surface area (Å²) < 4.78 is 0. The minimum atomic E-state index is 0.0781. The zero-order valence-electron chi connectivity index (χ0n) is 13.0. The van der Waals surface area contributed by atoms with Gasteiger partial charge in [0.15, 0.2) is 0 Å². The zero-order chi connectivity index (χ0) is 14.8. The second-order valence-electron chi connectivity index (χ2n) is 6.28. The molecule has 4 nitrogen and oxygen atoms in total. The van der Waals surface area contributed by atoms with Gasteiger partial charge in [0.25, 0.3) is 5.91 Å². The molecule has 2 N–H and O–H groups in total. The third kappa shape index (κ3) is 3.05. The van der Waals surface area contributed by atoms with Crippen LogP contribution in [0.25, 0.3) is 0 Å². The molecular formula is C17H25N3O. The summed E-state index contributed by atoms with van der Waals surface area (Å²) in [7, 11) is 0. The van der Waals surface area contributed by atoms with E-state index in [1.165, 1.54) is 25.9 Å². The molecule has 0 aromatic heterocycles. The van der Waals surface area contributed by atoms with E-state index in [0.717, 1.165) is 29.9 Å². The molecule has 3 fully saturated rings. The summed E-state index contributed by atoms with van der Waals surface area (Å²) in [5.74, 6) is 0.745. The molecule has 2 bridgehead atoms. The quantitative estimate of drug-likeness (QED) is 0.893. The molecule has 1 aromatic rings. The van der Waals surface area contributed by atoms with Crippen molar-refractivity contribution in [1.29, 1.82) is 0 Å². The summed E-state index contributed by atoms with van der Waals surface area (Å²) in [5, 5.41) is 6.54. The number of piperidine rings is 3. The Morgan fingerprint density at radius 3 is 2.67 bits per heavy atom. The third-order valence-electron chi connectivity index (χ3n) is 4.82. The van der Waals surface area contributed by atoms with E-state index in [1.807, 2.05) is 19.1 Å². The van der Waals surface area contributed by atoms with Gasteiger partial charge in [-0.05, 0) is 69.5 Å². The first-order valence-corrected chi connectivity index (χ1v) is 8.05. The number of carbonyl (C=O) groups is 1. The summed E-state index contributed by atoms with van der Waals surface area (Å²) in [6.07, 6.45) is 2.45. The second kappa shape index (κ2) is 6.06. The topological polar surface area (TPSA) is 44.4 Å². The van der Waals surface area contributed by atoms with Crippen LogP contribution in [-0.4, -0.2) is 43.0 Å². The van der Waals surface area contributed by atoms with Crippen molar-refractivity contribution in [3.05, 3.63) is 29.3 Å². The molecule has 1 unspecified atom stereocenters. The van der Waals surface area contributed by atoms with Crippen LogP contribution in [0.1, 0.15) is 35.7 Å². The van der Waals surface area contributed by atoms with Gasteiger partial charge in [0, 0.05) is 30.4 Å². The molecule has 0 radical (unpaired) electrons. The van der Waals surface area contributed by atoms with Gasteiger partial charge in [0.2, 0.25) is 0 Å². The Hall–Kier alpha value is -1.55. The Bertz CT molecular complexity index is 521. The number of nitrogens with one attached hydrogen (secondary N) is 2. The highest BCUT2D eigenvalue weighted by atomic mass is 16.1. The van der Waals surface area contributed by atoms with Crippen LogP contribution in [-0.2, 0) is 0 Å². The summed E-state index contributed by atoms with van der Waals surface area (Å²) in [6, 6.07) is 6.30. The largest absolute Gasteiger partial charge is 0.385 e.